The smallest absolute Gasteiger partial charge is 0.410 e. The van der Waals surface area contributed by atoms with E-state index in [4.69, 9.17) is 10.5 Å². The van der Waals surface area contributed by atoms with Crippen molar-refractivity contribution in [1.82, 2.24) is 9.88 Å². The van der Waals surface area contributed by atoms with E-state index in [1.165, 1.54) is 0 Å². The Hall–Kier alpha value is -2.43. The SMILES string of the molecule is CN(CC(C)(c1cccc(N)c1)c1ccc[nH]1)C(=O)OC(C)(C)C. The minimum atomic E-state index is -0.522. The van der Waals surface area contributed by atoms with Crippen LogP contribution >= 0.6 is 0 Å². The van der Waals surface area contributed by atoms with Crippen LogP contribution < -0.4 is 5.73 Å². The van der Waals surface area contributed by atoms with Gasteiger partial charge >= 0.3 is 6.09 Å². The van der Waals surface area contributed by atoms with Gasteiger partial charge in [-0.3, -0.25) is 0 Å². The molecule has 5 heteroatoms. The Bertz CT molecular complexity index is 689. The average molecular weight is 329 g/mol. The number of H-pyrrole nitrogens is 1. The van der Waals surface area contributed by atoms with Crippen molar-refractivity contribution in [3.8, 4) is 0 Å². The molecule has 1 atom stereocenters. The Morgan fingerprint density at radius 2 is 1.92 bits per heavy atom. The van der Waals surface area contributed by atoms with E-state index in [1.807, 2.05) is 63.4 Å². The lowest BCUT2D eigenvalue weighted by molar-refractivity contribution is 0.0273. The molecule has 0 aliphatic heterocycles. The number of amides is 1. The van der Waals surface area contributed by atoms with Crippen LogP contribution in [0.4, 0.5) is 10.5 Å². The van der Waals surface area contributed by atoms with Crippen molar-refractivity contribution >= 4 is 11.8 Å². The number of benzene rings is 1. The van der Waals surface area contributed by atoms with Crippen LogP contribution in [0.25, 0.3) is 0 Å². The van der Waals surface area contributed by atoms with Gasteiger partial charge in [0.1, 0.15) is 5.60 Å². The number of carbonyl (C=O) groups excluding carboxylic acids is 1. The Morgan fingerprint density at radius 1 is 1.21 bits per heavy atom. The molecule has 0 saturated carbocycles. The molecular formula is C19H27N3O2. The standard InChI is InChI=1S/C19H27N3O2/c1-18(2,3)24-17(23)22(5)13-19(4,16-10-7-11-21-16)14-8-6-9-15(20)12-14/h6-12,21H,13,20H2,1-5H3. The Balaban J connectivity index is 2.33. The third-order valence-electron chi connectivity index (χ3n) is 3.97. The van der Waals surface area contributed by atoms with E-state index in [0.717, 1.165) is 11.3 Å². The number of carbonyl (C=O) groups is 1. The molecule has 0 aliphatic rings. The van der Waals surface area contributed by atoms with Crippen LogP contribution in [0.3, 0.4) is 0 Å². The number of nitrogen functional groups attached to an aromatic ring is 1. The largest absolute Gasteiger partial charge is 0.444 e. The highest BCUT2D eigenvalue weighted by Crippen LogP contribution is 2.33. The Kier molecular flexibility index (Phi) is 4.92. The molecule has 2 aromatic rings. The van der Waals surface area contributed by atoms with Gasteiger partial charge in [-0.1, -0.05) is 12.1 Å². The number of anilines is 1. The maximum absolute atomic E-state index is 12.4. The molecule has 1 amide bonds. The van der Waals surface area contributed by atoms with Crippen LogP contribution in [0.5, 0.6) is 0 Å². The van der Waals surface area contributed by atoms with E-state index in [9.17, 15) is 4.79 Å². The van der Waals surface area contributed by atoms with Gasteiger partial charge in [-0.15, -0.1) is 0 Å². The number of hydrogen-bond acceptors (Lipinski definition) is 3. The van der Waals surface area contributed by atoms with Gasteiger partial charge in [0.25, 0.3) is 0 Å². The third kappa shape index (κ3) is 4.10. The van der Waals surface area contributed by atoms with Gasteiger partial charge in [0.15, 0.2) is 0 Å². The van der Waals surface area contributed by atoms with E-state index >= 15 is 0 Å². The molecule has 1 unspecified atom stereocenters. The topological polar surface area (TPSA) is 71.3 Å². The second kappa shape index (κ2) is 6.59. The molecule has 0 fully saturated rings. The summed E-state index contributed by atoms with van der Waals surface area (Å²) in [6.07, 6.45) is 1.54. The molecule has 1 heterocycles. The fraction of sp³-hybridized carbons (Fsp3) is 0.421. The van der Waals surface area contributed by atoms with E-state index in [-0.39, 0.29) is 6.09 Å². The van der Waals surface area contributed by atoms with Gasteiger partial charge in [0, 0.05) is 31.2 Å². The van der Waals surface area contributed by atoms with Gasteiger partial charge in [0.2, 0.25) is 0 Å². The Morgan fingerprint density at radius 3 is 2.46 bits per heavy atom. The van der Waals surface area contributed by atoms with Gasteiger partial charge in [-0.05, 0) is 57.5 Å². The molecule has 0 aliphatic carbocycles. The first-order valence-corrected chi connectivity index (χ1v) is 8.06. The molecular weight excluding hydrogens is 302 g/mol. The maximum Gasteiger partial charge on any atom is 0.410 e. The zero-order valence-corrected chi connectivity index (χ0v) is 15.1. The van der Waals surface area contributed by atoms with E-state index in [2.05, 4.69) is 11.9 Å². The quantitative estimate of drug-likeness (QED) is 0.839. The number of aromatic nitrogens is 1. The average Bonchev–Trinajstić information content (AvgIpc) is 3.00. The van der Waals surface area contributed by atoms with Gasteiger partial charge in [-0.25, -0.2) is 4.79 Å². The van der Waals surface area contributed by atoms with Crippen molar-refractivity contribution in [3.63, 3.8) is 0 Å². The Labute approximate surface area is 143 Å². The predicted octanol–water partition coefficient (Wildman–Crippen LogP) is 3.77. The molecule has 24 heavy (non-hydrogen) atoms. The molecule has 0 spiro atoms. The molecule has 1 aromatic carbocycles. The summed E-state index contributed by atoms with van der Waals surface area (Å²) in [6, 6.07) is 11.7. The van der Waals surface area contributed by atoms with Crippen molar-refractivity contribution in [2.24, 2.45) is 0 Å². The number of likely N-dealkylation sites (N-methyl/N-ethyl adjacent to an activating group) is 1. The minimum Gasteiger partial charge on any atom is -0.444 e. The summed E-state index contributed by atoms with van der Waals surface area (Å²) in [7, 11) is 1.75. The van der Waals surface area contributed by atoms with Crippen LogP contribution in [0.1, 0.15) is 39.0 Å². The molecule has 0 saturated heterocycles. The number of ether oxygens (including phenoxy) is 1. The van der Waals surface area contributed by atoms with Crippen LogP contribution in [0, 0.1) is 0 Å². The highest BCUT2D eigenvalue weighted by molar-refractivity contribution is 5.68. The van der Waals surface area contributed by atoms with Crippen LogP contribution in [0.2, 0.25) is 0 Å². The molecule has 0 bridgehead atoms. The molecule has 1 aromatic heterocycles. The van der Waals surface area contributed by atoms with Crippen LogP contribution in [0.15, 0.2) is 42.6 Å². The first-order chi connectivity index (χ1) is 11.1. The zero-order valence-electron chi connectivity index (χ0n) is 15.1. The van der Waals surface area contributed by atoms with Crippen molar-refractivity contribution in [1.29, 1.82) is 0 Å². The van der Waals surface area contributed by atoms with Crippen molar-refractivity contribution in [2.45, 2.75) is 38.7 Å². The summed E-state index contributed by atoms with van der Waals surface area (Å²) < 4.78 is 5.47. The summed E-state index contributed by atoms with van der Waals surface area (Å²) in [5.41, 5.74) is 7.78. The van der Waals surface area contributed by atoms with Crippen molar-refractivity contribution in [2.75, 3.05) is 19.3 Å². The summed E-state index contributed by atoms with van der Waals surface area (Å²) in [5, 5.41) is 0. The fourth-order valence-corrected chi connectivity index (χ4v) is 2.77. The number of hydrogen-bond donors (Lipinski definition) is 2. The van der Waals surface area contributed by atoms with E-state index in [1.54, 1.807) is 11.9 Å². The first-order valence-electron chi connectivity index (χ1n) is 8.06. The van der Waals surface area contributed by atoms with Crippen molar-refractivity contribution < 1.29 is 9.53 Å². The minimum absolute atomic E-state index is 0.343. The first kappa shape index (κ1) is 17.9. The van der Waals surface area contributed by atoms with E-state index in [0.29, 0.717) is 12.2 Å². The van der Waals surface area contributed by atoms with Gasteiger partial charge in [0.05, 0.1) is 5.41 Å². The lowest BCUT2D eigenvalue weighted by Crippen LogP contribution is -2.43. The summed E-state index contributed by atoms with van der Waals surface area (Å²) in [4.78, 5) is 17.2. The maximum atomic E-state index is 12.4. The summed E-state index contributed by atoms with van der Waals surface area (Å²) in [5.74, 6) is 0. The monoisotopic (exact) mass is 329 g/mol. The zero-order chi connectivity index (χ0) is 18.0. The molecule has 2 rings (SSSR count). The highest BCUT2D eigenvalue weighted by Gasteiger charge is 2.34. The second-order valence-corrected chi connectivity index (χ2v) is 7.38. The molecule has 0 radical (unpaired) electrons. The number of rotatable bonds is 4. The highest BCUT2D eigenvalue weighted by atomic mass is 16.6. The van der Waals surface area contributed by atoms with Crippen LogP contribution in [-0.2, 0) is 10.2 Å². The van der Waals surface area contributed by atoms with Crippen molar-refractivity contribution in [3.05, 3.63) is 53.9 Å². The number of aromatic amines is 1. The van der Waals surface area contributed by atoms with E-state index < -0.39 is 11.0 Å². The lowest BCUT2D eigenvalue weighted by atomic mass is 9.79. The van der Waals surface area contributed by atoms with Gasteiger partial charge in [-0.2, -0.15) is 0 Å². The lowest BCUT2D eigenvalue weighted by Gasteiger charge is -2.35. The molecule has 3 N–H and O–H groups in total. The normalized spacial score (nSPS) is 14.0. The van der Waals surface area contributed by atoms with Gasteiger partial charge < -0.3 is 20.4 Å². The number of nitrogens with one attached hydrogen (secondary N) is 1. The predicted molar refractivity (Wildman–Crippen MR) is 97.0 cm³/mol. The second-order valence-electron chi connectivity index (χ2n) is 7.38. The third-order valence-corrected chi connectivity index (χ3v) is 3.97. The van der Waals surface area contributed by atoms with Crippen LogP contribution in [-0.4, -0.2) is 35.2 Å². The molecule has 5 nitrogen and oxygen atoms in total. The number of nitrogens with zero attached hydrogens (tertiary/aromatic N) is 1. The summed E-state index contributed by atoms with van der Waals surface area (Å²) >= 11 is 0. The molecule has 130 valence electrons. The fourth-order valence-electron chi connectivity index (χ4n) is 2.77. The number of nitrogens with two attached hydrogens (primary N) is 1. The summed E-state index contributed by atoms with van der Waals surface area (Å²) in [6.45, 7) is 8.14.